The SMILES string of the molecule is Cc1nc(C(C)(C)O)sc1[S@](N)(=O)=NC(=O)Nc1c2c(cc3c1CCC3)CCC2. The van der Waals surface area contributed by atoms with Gasteiger partial charge in [-0.3, -0.25) is 0 Å². The first-order valence-electron chi connectivity index (χ1n) is 9.79. The van der Waals surface area contributed by atoms with Crippen LogP contribution in [0.25, 0.3) is 0 Å². The lowest BCUT2D eigenvalue weighted by atomic mass is 9.99. The van der Waals surface area contributed by atoms with Crippen LogP contribution in [-0.4, -0.2) is 20.3 Å². The number of fused-ring (bicyclic) bond motifs is 2. The summed E-state index contributed by atoms with van der Waals surface area (Å²) in [6, 6.07) is 1.58. The molecule has 0 unspecified atom stereocenters. The van der Waals surface area contributed by atoms with Gasteiger partial charge in [-0.1, -0.05) is 6.07 Å². The Balaban J connectivity index is 1.68. The first-order chi connectivity index (χ1) is 13.6. The Morgan fingerprint density at radius 1 is 1.24 bits per heavy atom. The Morgan fingerprint density at radius 3 is 2.34 bits per heavy atom. The lowest BCUT2D eigenvalue weighted by Gasteiger charge is -2.15. The number of nitrogens with zero attached hydrogens (tertiary/aromatic N) is 2. The van der Waals surface area contributed by atoms with Gasteiger partial charge in [-0.05, 0) is 81.5 Å². The Bertz CT molecular complexity index is 1090. The van der Waals surface area contributed by atoms with Gasteiger partial charge >= 0.3 is 6.03 Å². The molecule has 0 radical (unpaired) electrons. The van der Waals surface area contributed by atoms with E-state index in [0.717, 1.165) is 55.5 Å². The van der Waals surface area contributed by atoms with Crippen LogP contribution in [0.3, 0.4) is 0 Å². The molecule has 156 valence electrons. The van der Waals surface area contributed by atoms with Crippen LogP contribution in [0.4, 0.5) is 10.5 Å². The Kier molecular flexibility index (Phi) is 5.05. The number of aromatic nitrogens is 1. The number of thiazole rings is 1. The fourth-order valence-electron chi connectivity index (χ4n) is 4.18. The number of hydrogen-bond donors (Lipinski definition) is 3. The molecule has 2 amide bonds. The molecule has 0 bridgehead atoms. The molecule has 7 nitrogen and oxygen atoms in total. The van der Waals surface area contributed by atoms with Crippen LogP contribution >= 0.6 is 11.3 Å². The van der Waals surface area contributed by atoms with Gasteiger partial charge in [-0.2, -0.15) is 0 Å². The first kappa shape index (κ1) is 20.5. The standard InChI is InChI=1S/C20H26N4O3S2/c1-11-17(28-18(22-11)20(2,3)26)29(21,27)24-19(25)23-16-14-8-4-6-12(14)10-13-7-5-9-15(13)16/h10,26H,4-9H2,1-3H3,(H3,21,23,24,25,27)/t29-/m1/s1. The maximum Gasteiger partial charge on any atom is 0.354 e. The van der Waals surface area contributed by atoms with E-state index in [2.05, 4.69) is 20.7 Å². The largest absolute Gasteiger partial charge is 0.383 e. The fraction of sp³-hybridized carbons (Fsp3) is 0.500. The quantitative estimate of drug-likeness (QED) is 0.684. The monoisotopic (exact) mass is 434 g/mol. The molecule has 2 aliphatic carbocycles. The number of aryl methyl sites for hydroxylation is 3. The summed E-state index contributed by atoms with van der Waals surface area (Å²) in [6.45, 7) is 4.83. The van der Waals surface area contributed by atoms with E-state index in [9.17, 15) is 14.1 Å². The van der Waals surface area contributed by atoms with Crippen LogP contribution in [-0.2, 0) is 41.2 Å². The highest BCUT2D eigenvalue weighted by Crippen LogP contribution is 2.39. The zero-order chi connectivity index (χ0) is 21.0. The molecule has 0 saturated carbocycles. The van der Waals surface area contributed by atoms with Gasteiger partial charge in [0.25, 0.3) is 0 Å². The van der Waals surface area contributed by atoms with Crippen molar-refractivity contribution in [3.8, 4) is 0 Å². The van der Waals surface area contributed by atoms with Gasteiger partial charge in [0.15, 0.2) is 9.92 Å². The summed E-state index contributed by atoms with van der Waals surface area (Å²) in [5, 5.41) is 19.4. The van der Waals surface area contributed by atoms with Gasteiger partial charge in [0.2, 0.25) is 0 Å². The van der Waals surface area contributed by atoms with Gasteiger partial charge in [0, 0.05) is 5.69 Å². The fourth-order valence-corrected chi connectivity index (χ4v) is 6.65. The molecular weight excluding hydrogens is 408 g/mol. The van der Waals surface area contributed by atoms with Gasteiger partial charge in [0.1, 0.15) is 14.8 Å². The van der Waals surface area contributed by atoms with Crippen LogP contribution in [0, 0.1) is 6.92 Å². The molecule has 4 rings (SSSR count). The molecular formula is C20H26N4O3S2. The zero-order valence-electron chi connectivity index (χ0n) is 16.9. The van der Waals surface area contributed by atoms with Gasteiger partial charge in [0.05, 0.1) is 5.69 Å². The number of carbonyl (C=O) groups excluding carboxylic acids is 1. The second-order valence-electron chi connectivity index (χ2n) is 8.28. The molecule has 1 atom stereocenters. The normalized spacial score (nSPS) is 17.6. The summed E-state index contributed by atoms with van der Waals surface area (Å²) in [7, 11) is -3.47. The van der Waals surface area contributed by atoms with E-state index in [0.29, 0.717) is 10.7 Å². The highest BCUT2D eigenvalue weighted by molar-refractivity contribution is 7.93. The smallest absolute Gasteiger partial charge is 0.354 e. The minimum Gasteiger partial charge on any atom is -0.383 e. The van der Waals surface area contributed by atoms with E-state index in [1.807, 2.05) is 0 Å². The average molecular weight is 435 g/mol. The molecule has 2 aromatic rings. The number of anilines is 1. The molecule has 0 aliphatic heterocycles. The molecule has 1 heterocycles. The highest BCUT2D eigenvalue weighted by Gasteiger charge is 2.27. The Hall–Kier alpha value is -1.81. The third-order valence-corrected chi connectivity index (χ3v) is 8.96. The van der Waals surface area contributed by atoms with Gasteiger partial charge in [-0.15, -0.1) is 15.7 Å². The first-order valence-corrected chi connectivity index (χ1v) is 12.2. The lowest BCUT2D eigenvalue weighted by Crippen LogP contribution is -2.18. The van der Waals surface area contributed by atoms with Crippen molar-refractivity contribution in [3.63, 3.8) is 0 Å². The number of nitrogens with one attached hydrogen (secondary N) is 1. The van der Waals surface area contributed by atoms with E-state index in [4.69, 9.17) is 5.14 Å². The Morgan fingerprint density at radius 2 is 1.83 bits per heavy atom. The van der Waals surface area contributed by atoms with Crippen LogP contribution in [0.15, 0.2) is 14.6 Å². The summed E-state index contributed by atoms with van der Waals surface area (Å²) >= 11 is 1.03. The average Bonchev–Trinajstić information content (AvgIpc) is 3.31. The molecule has 1 aromatic carbocycles. The lowest BCUT2D eigenvalue weighted by molar-refractivity contribution is 0.0781. The number of amides is 2. The maximum absolute atomic E-state index is 13.1. The van der Waals surface area contributed by atoms with Crippen molar-refractivity contribution < 1.29 is 14.1 Å². The van der Waals surface area contributed by atoms with Crippen molar-refractivity contribution in [1.29, 1.82) is 0 Å². The molecule has 4 N–H and O–H groups in total. The maximum atomic E-state index is 13.1. The van der Waals surface area contributed by atoms with E-state index >= 15 is 0 Å². The van der Waals surface area contributed by atoms with Crippen molar-refractivity contribution in [3.05, 3.63) is 39.0 Å². The van der Waals surface area contributed by atoms with Crippen molar-refractivity contribution in [2.75, 3.05) is 5.32 Å². The number of aliphatic hydroxyl groups is 1. The summed E-state index contributed by atoms with van der Waals surface area (Å²) in [4.78, 5) is 17.0. The minimum atomic E-state index is -3.47. The summed E-state index contributed by atoms with van der Waals surface area (Å²) in [6.07, 6.45) is 6.06. The highest BCUT2D eigenvalue weighted by atomic mass is 32.2. The van der Waals surface area contributed by atoms with E-state index < -0.39 is 21.5 Å². The second-order valence-corrected chi connectivity index (χ2v) is 11.3. The summed E-state index contributed by atoms with van der Waals surface area (Å²) < 4.78 is 17.1. The minimum absolute atomic E-state index is 0.216. The van der Waals surface area contributed by atoms with Gasteiger partial charge in [-0.25, -0.2) is 19.1 Å². The number of benzene rings is 1. The Labute approximate surface area is 175 Å². The number of nitrogens with two attached hydrogens (primary N) is 1. The zero-order valence-corrected chi connectivity index (χ0v) is 18.5. The van der Waals surface area contributed by atoms with Crippen LogP contribution in [0.2, 0.25) is 0 Å². The van der Waals surface area contributed by atoms with Crippen LogP contribution in [0.1, 0.15) is 59.6 Å². The topological polar surface area (TPSA) is 118 Å². The summed E-state index contributed by atoms with van der Waals surface area (Å²) in [5.74, 6) is 0. The van der Waals surface area contributed by atoms with Gasteiger partial charge < -0.3 is 10.4 Å². The molecule has 9 heteroatoms. The van der Waals surface area contributed by atoms with Crippen LogP contribution < -0.4 is 10.5 Å². The van der Waals surface area contributed by atoms with Crippen molar-refractivity contribution in [2.45, 2.75) is 69.1 Å². The number of hydrogen-bond acceptors (Lipinski definition) is 5. The molecule has 29 heavy (non-hydrogen) atoms. The third kappa shape index (κ3) is 3.84. The third-order valence-electron chi connectivity index (χ3n) is 5.47. The molecule has 1 aromatic heterocycles. The molecule has 2 aliphatic rings. The van der Waals surface area contributed by atoms with E-state index in [-0.39, 0.29) is 4.21 Å². The number of carbonyl (C=O) groups is 1. The van der Waals surface area contributed by atoms with E-state index in [1.54, 1.807) is 20.8 Å². The van der Waals surface area contributed by atoms with Crippen molar-refractivity contribution in [1.82, 2.24) is 4.98 Å². The van der Waals surface area contributed by atoms with Crippen molar-refractivity contribution in [2.24, 2.45) is 9.50 Å². The molecule has 0 spiro atoms. The number of rotatable bonds is 3. The molecule has 0 fully saturated rings. The summed E-state index contributed by atoms with van der Waals surface area (Å²) in [5.41, 5.74) is 5.01. The second kappa shape index (κ2) is 7.16. The predicted molar refractivity (Wildman–Crippen MR) is 115 cm³/mol. The van der Waals surface area contributed by atoms with Crippen LogP contribution in [0.5, 0.6) is 0 Å². The molecule has 0 saturated heterocycles. The predicted octanol–water partition coefficient (Wildman–Crippen LogP) is 3.59. The number of urea groups is 1. The van der Waals surface area contributed by atoms with Crippen molar-refractivity contribution >= 4 is 33.0 Å². The van der Waals surface area contributed by atoms with E-state index in [1.165, 1.54) is 22.3 Å².